The Balaban J connectivity index is 2.18. The van der Waals surface area contributed by atoms with E-state index in [4.69, 9.17) is 0 Å². The van der Waals surface area contributed by atoms with Crippen LogP contribution in [0.3, 0.4) is 0 Å². The highest BCUT2D eigenvalue weighted by atomic mass is 79.9. The molecule has 1 amide bonds. The van der Waals surface area contributed by atoms with Crippen LogP contribution in [0.1, 0.15) is 12.0 Å². The SMILES string of the molecule is O=C(CCOCC(F)(F)F)NCc1cccc(Br)c1. The van der Waals surface area contributed by atoms with Crippen molar-refractivity contribution < 1.29 is 22.7 Å². The van der Waals surface area contributed by atoms with E-state index in [2.05, 4.69) is 26.0 Å². The van der Waals surface area contributed by atoms with Crippen LogP contribution in [0.25, 0.3) is 0 Å². The Labute approximate surface area is 117 Å². The van der Waals surface area contributed by atoms with Crippen molar-refractivity contribution in [3.8, 4) is 0 Å². The van der Waals surface area contributed by atoms with Crippen molar-refractivity contribution in [3.63, 3.8) is 0 Å². The van der Waals surface area contributed by atoms with E-state index in [9.17, 15) is 18.0 Å². The number of hydrogen-bond donors (Lipinski definition) is 1. The predicted octanol–water partition coefficient (Wildman–Crippen LogP) is 3.03. The zero-order chi connectivity index (χ0) is 14.3. The standard InChI is InChI=1S/C12H13BrF3NO2/c13-10-3-1-2-9(6-10)7-17-11(18)4-5-19-8-12(14,15)16/h1-3,6H,4-5,7-8H2,(H,17,18). The maximum atomic E-state index is 11.8. The summed E-state index contributed by atoms with van der Waals surface area (Å²) in [5.41, 5.74) is 0.902. The number of carbonyl (C=O) groups excluding carboxylic acids is 1. The van der Waals surface area contributed by atoms with Crippen molar-refractivity contribution >= 4 is 21.8 Å². The molecule has 0 aromatic heterocycles. The molecule has 0 saturated heterocycles. The van der Waals surface area contributed by atoms with Gasteiger partial charge in [0.15, 0.2) is 0 Å². The highest BCUT2D eigenvalue weighted by Crippen LogP contribution is 2.14. The van der Waals surface area contributed by atoms with Gasteiger partial charge in [0.1, 0.15) is 6.61 Å². The van der Waals surface area contributed by atoms with Crippen LogP contribution in [0, 0.1) is 0 Å². The molecule has 0 unspecified atom stereocenters. The lowest BCUT2D eigenvalue weighted by atomic mass is 10.2. The Kier molecular flexibility index (Phi) is 6.30. The lowest BCUT2D eigenvalue weighted by molar-refractivity contribution is -0.174. The Hall–Kier alpha value is -1.08. The van der Waals surface area contributed by atoms with Crippen LogP contribution in [-0.2, 0) is 16.1 Å². The molecular formula is C12H13BrF3NO2. The normalized spacial score (nSPS) is 11.4. The number of hydrogen-bond acceptors (Lipinski definition) is 2. The van der Waals surface area contributed by atoms with E-state index >= 15 is 0 Å². The van der Waals surface area contributed by atoms with E-state index in [1.165, 1.54) is 0 Å². The second-order valence-electron chi connectivity index (χ2n) is 3.82. The molecule has 0 aliphatic heterocycles. The molecule has 19 heavy (non-hydrogen) atoms. The van der Waals surface area contributed by atoms with Gasteiger partial charge in [-0.3, -0.25) is 4.79 Å². The number of ether oxygens (including phenoxy) is 1. The van der Waals surface area contributed by atoms with Crippen LogP contribution < -0.4 is 5.32 Å². The summed E-state index contributed by atoms with van der Waals surface area (Å²) in [6.45, 7) is -1.24. The first-order valence-corrected chi connectivity index (χ1v) is 6.32. The first kappa shape index (κ1) is 16.0. The van der Waals surface area contributed by atoms with Crippen molar-refractivity contribution in [2.75, 3.05) is 13.2 Å². The Bertz CT molecular complexity index is 424. The fourth-order valence-corrected chi connectivity index (χ4v) is 1.74. The molecule has 0 bridgehead atoms. The van der Waals surface area contributed by atoms with Gasteiger partial charge in [0, 0.05) is 17.4 Å². The zero-order valence-electron chi connectivity index (χ0n) is 9.97. The average molecular weight is 340 g/mol. The van der Waals surface area contributed by atoms with Gasteiger partial charge in [0.2, 0.25) is 5.91 Å². The third-order valence-corrected chi connectivity index (χ3v) is 2.61. The molecule has 0 heterocycles. The van der Waals surface area contributed by atoms with E-state index in [1.807, 2.05) is 24.3 Å². The van der Waals surface area contributed by atoms with Gasteiger partial charge in [-0.05, 0) is 17.7 Å². The van der Waals surface area contributed by atoms with Crippen molar-refractivity contribution in [3.05, 3.63) is 34.3 Å². The Morgan fingerprint density at radius 3 is 2.74 bits per heavy atom. The molecule has 1 N–H and O–H groups in total. The van der Waals surface area contributed by atoms with Gasteiger partial charge in [0.25, 0.3) is 0 Å². The second-order valence-corrected chi connectivity index (χ2v) is 4.74. The van der Waals surface area contributed by atoms with E-state index in [-0.39, 0.29) is 18.9 Å². The molecule has 0 spiro atoms. The summed E-state index contributed by atoms with van der Waals surface area (Å²) < 4.78 is 40.5. The lowest BCUT2D eigenvalue weighted by Gasteiger charge is -2.08. The van der Waals surface area contributed by atoms with Crippen LogP contribution >= 0.6 is 15.9 Å². The van der Waals surface area contributed by atoms with Gasteiger partial charge in [-0.1, -0.05) is 28.1 Å². The topological polar surface area (TPSA) is 38.3 Å². The maximum absolute atomic E-state index is 11.8. The molecule has 0 saturated carbocycles. The van der Waals surface area contributed by atoms with Gasteiger partial charge >= 0.3 is 6.18 Å². The van der Waals surface area contributed by atoms with Gasteiger partial charge in [-0.25, -0.2) is 0 Å². The van der Waals surface area contributed by atoms with Gasteiger partial charge in [-0.2, -0.15) is 13.2 Å². The molecule has 0 aliphatic rings. The molecule has 1 rings (SSSR count). The molecule has 7 heteroatoms. The number of halogens is 4. The Morgan fingerprint density at radius 2 is 2.11 bits per heavy atom. The van der Waals surface area contributed by atoms with Crippen molar-refractivity contribution in [1.29, 1.82) is 0 Å². The molecule has 0 atom stereocenters. The first-order chi connectivity index (χ1) is 8.87. The summed E-state index contributed by atoms with van der Waals surface area (Å²) >= 11 is 3.30. The first-order valence-electron chi connectivity index (χ1n) is 5.52. The second kappa shape index (κ2) is 7.49. The number of alkyl halides is 3. The van der Waals surface area contributed by atoms with E-state index < -0.39 is 12.8 Å². The third kappa shape index (κ3) is 7.84. The number of rotatable bonds is 6. The minimum Gasteiger partial charge on any atom is -0.372 e. The molecule has 0 radical (unpaired) electrons. The van der Waals surface area contributed by atoms with Crippen LogP contribution in [-0.4, -0.2) is 25.3 Å². The summed E-state index contributed by atoms with van der Waals surface area (Å²) in [6, 6.07) is 7.37. The third-order valence-electron chi connectivity index (χ3n) is 2.12. The van der Waals surface area contributed by atoms with Crippen LogP contribution in [0.2, 0.25) is 0 Å². The Morgan fingerprint density at radius 1 is 1.37 bits per heavy atom. The van der Waals surface area contributed by atoms with Crippen molar-refractivity contribution in [2.24, 2.45) is 0 Å². The zero-order valence-corrected chi connectivity index (χ0v) is 11.6. The number of carbonyl (C=O) groups is 1. The lowest BCUT2D eigenvalue weighted by Crippen LogP contribution is -2.25. The van der Waals surface area contributed by atoms with Crippen LogP contribution in [0.4, 0.5) is 13.2 Å². The van der Waals surface area contributed by atoms with Crippen LogP contribution in [0.5, 0.6) is 0 Å². The smallest absolute Gasteiger partial charge is 0.372 e. The highest BCUT2D eigenvalue weighted by Gasteiger charge is 2.27. The summed E-state index contributed by atoms with van der Waals surface area (Å²) in [6.07, 6.45) is -4.45. The quantitative estimate of drug-likeness (QED) is 0.809. The molecule has 106 valence electrons. The number of benzene rings is 1. The van der Waals surface area contributed by atoms with Crippen molar-refractivity contribution in [1.82, 2.24) is 5.32 Å². The summed E-state index contributed by atoms with van der Waals surface area (Å²) in [7, 11) is 0. The fourth-order valence-electron chi connectivity index (χ4n) is 1.29. The van der Waals surface area contributed by atoms with Gasteiger partial charge < -0.3 is 10.1 Å². The summed E-state index contributed by atoms with van der Waals surface area (Å²) in [5.74, 6) is -0.345. The largest absolute Gasteiger partial charge is 0.411 e. The summed E-state index contributed by atoms with van der Waals surface area (Å²) in [4.78, 5) is 11.3. The molecule has 3 nitrogen and oxygen atoms in total. The maximum Gasteiger partial charge on any atom is 0.411 e. The van der Waals surface area contributed by atoms with E-state index in [0.29, 0.717) is 6.54 Å². The molecule has 0 aliphatic carbocycles. The van der Waals surface area contributed by atoms with Gasteiger partial charge in [-0.15, -0.1) is 0 Å². The molecule has 0 fully saturated rings. The minimum atomic E-state index is -4.35. The monoisotopic (exact) mass is 339 g/mol. The predicted molar refractivity (Wildman–Crippen MR) is 67.5 cm³/mol. The molecule has 1 aromatic carbocycles. The number of amides is 1. The average Bonchev–Trinajstić information content (AvgIpc) is 2.31. The number of nitrogens with one attached hydrogen (secondary N) is 1. The minimum absolute atomic E-state index is 0.0932. The van der Waals surface area contributed by atoms with E-state index in [0.717, 1.165) is 10.0 Å². The highest BCUT2D eigenvalue weighted by molar-refractivity contribution is 9.10. The van der Waals surface area contributed by atoms with Gasteiger partial charge in [0.05, 0.1) is 6.61 Å². The summed E-state index contributed by atoms with van der Waals surface area (Å²) in [5, 5.41) is 2.60. The molecular weight excluding hydrogens is 327 g/mol. The molecule has 1 aromatic rings. The van der Waals surface area contributed by atoms with E-state index in [1.54, 1.807) is 0 Å². The van der Waals surface area contributed by atoms with Crippen molar-refractivity contribution in [2.45, 2.75) is 19.1 Å². The van der Waals surface area contributed by atoms with Crippen LogP contribution in [0.15, 0.2) is 28.7 Å². The fraction of sp³-hybridized carbons (Fsp3) is 0.417.